The molecule has 9 nitrogen and oxygen atoms in total. The van der Waals surface area contributed by atoms with Crippen LogP contribution in [0, 0.1) is 32.7 Å². The van der Waals surface area contributed by atoms with Crippen LogP contribution < -0.4 is 14.8 Å². The molecule has 6 aliphatic carbocycles. The van der Waals surface area contributed by atoms with Crippen LogP contribution in [0.4, 0.5) is 0 Å². The number of aliphatic hydroxyl groups excluding tert-OH is 3. The van der Waals surface area contributed by atoms with E-state index in [9.17, 15) is 24.9 Å². The summed E-state index contributed by atoms with van der Waals surface area (Å²) in [5.41, 5.74) is 1.18. The molecule has 4 bridgehead atoms. The predicted molar refractivity (Wildman–Crippen MR) is 173 cm³/mol. The van der Waals surface area contributed by atoms with Crippen LogP contribution in [-0.4, -0.2) is 77.1 Å². The smallest absolute Gasteiger partial charge is 0.247 e. The van der Waals surface area contributed by atoms with Crippen LogP contribution in [0.2, 0.25) is 0 Å². The van der Waals surface area contributed by atoms with E-state index in [2.05, 4.69) is 27.9 Å². The number of nitrogens with zero attached hydrogens (tertiary/aromatic N) is 1. The Balaban J connectivity index is 1.35. The fourth-order valence-corrected chi connectivity index (χ4v) is 10.3. The molecule has 1 aromatic carbocycles. The first-order valence-corrected chi connectivity index (χ1v) is 17.5. The Labute approximate surface area is 273 Å². The molecule has 0 aliphatic heterocycles. The van der Waals surface area contributed by atoms with E-state index < -0.39 is 18.2 Å². The average Bonchev–Trinajstić information content (AvgIpc) is 3.55. The van der Waals surface area contributed by atoms with Gasteiger partial charge in [0, 0.05) is 31.0 Å². The maximum absolute atomic E-state index is 14.4. The molecule has 6 aliphatic rings. The Bertz CT molecular complexity index is 1230. The van der Waals surface area contributed by atoms with Crippen LogP contribution >= 0.6 is 22.6 Å². The molecule has 3 unspecified atom stereocenters. The third-order valence-corrected chi connectivity index (χ3v) is 11.8. The van der Waals surface area contributed by atoms with Gasteiger partial charge in [-0.25, -0.2) is 0 Å². The van der Waals surface area contributed by atoms with Crippen molar-refractivity contribution in [3.63, 3.8) is 0 Å². The maximum Gasteiger partial charge on any atom is 0.247 e. The lowest BCUT2D eigenvalue weighted by Crippen LogP contribution is -2.60. The van der Waals surface area contributed by atoms with Gasteiger partial charge < -0.3 is 35.0 Å². The second-order valence-corrected chi connectivity index (χ2v) is 15.3. The van der Waals surface area contributed by atoms with Crippen molar-refractivity contribution in [3.8, 4) is 11.5 Å². The van der Waals surface area contributed by atoms with Gasteiger partial charge in [-0.05, 0) is 121 Å². The highest BCUT2D eigenvalue weighted by Gasteiger charge is 2.53. The van der Waals surface area contributed by atoms with Crippen molar-refractivity contribution in [2.45, 2.75) is 95.5 Å². The van der Waals surface area contributed by atoms with Gasteiger partial charge in [0.2, 0.25) is 11.8 Å². The standard InChI is InChI=1S/C34H47IN2O7/c1-43-29-12-23(18-39)11-26(35)31(29)44-28-14-25(32(41)36-6-7-38)13-27(30(28)40)37(33(42)24-4-2-3-5-24)19-34-15-20-8-21(16-34)10-22(9-20)17-34/h11-12,14,20-22,24,27-28,30,38-40H,2-10,13,15-19H2,1H3,(H,36,41). The molecule has 0 heterocycles. The summed E-state index contributed by atoms with van der Waals surface area (Å²) < 4.78 is 12.8. The molecule has 44 heavy (non-hydrogen) atoms. The first kappa shape index (κ1) is 32.1. The van der Waals surface area contributed by atoms with E-state index in [1.54, 1.807) is 18.2 Å². The SMILES string of the molecule is COc1cc(CO)cc(I)c1OC1C=C(C(=O)NCCO)CC(N(CC23CC4CC(CC(C4)C2)C3)C(=O)C2CCCC2)C1O. The third kappa shape index (κ3) is 6.51. The lowest BCUT2D eigenvalue weighted by atomic mass is 9.49. The molecule has 0 spiro atoms. The van der Waals surface area contributed by atoms with Crippen LogP contribution in [0.1, 0.15) is 76.2 Å². The highest BCUT2D eigenvalue weighted by molar-refractivity contribution is 14.1. The molecule has 10 heteroatoms. The number of aliphatic hydroxyl groups is 3. The highest BCUT2D eigenvalue weighted by atomic mass is 127. The molecular weight excluding hydrogens is 675 g/mol. The van der Waals surface area contributed by atoms with Gasteiger partial charge in [0.05, 0.1) is 29.9 Å². The van der Waals surface area contributed by atoms with Crippen LogP contribution in [0.25, 0.3) is 0 Å². The molecule has 3 atom stereocenters. The van der Waals surface area contributed by atoms with E-state index in [0.717, 1.165) is 62.7 Å². The lowest BCUT2D eigenvalue weighted by molar-refractivity contribution is -0.151. The second kappa shape index (κ2) is 13.5. The summed E-state index contributed by atoms with van der Waals surface area (Å²) >= 11 is 2.12. The van der Waals surface area contributed by atoms with Gasteiger partial charge in [-0.3, -0.25) is 9.59 Å². The van der Waals surface area contributed by atoms with Gasteiger partial charge in [0.25, 0.3) is 0 Å². The van der Waals surface area contributed by atoms with Crippen LogP contribution in [-0.2, 0) is 16.2 Å². The van der Waals surface area contributed by atoms with Crippen LogP contribution in [0.3, 0.4) is 0 Å². The number of ether oxygens (including phenoxy) is 2. The molecule has 4 N–H and O–H groups in total. The van der Waals surface area contributed by atoms with Crippen LogP contribution in [0.5, 0.6) is 11.5 Å². The van der Waals surface area contributed by atoms with E-state index in [0.29, 0.717) is 32.8 Å². The summed E-state index contributed by atoms with van der Waals surface area (Å²) in [6.07, 6.45) is 11.1. The summed E-state index contributed by atoms with van der Waals surface area (Å²) in [6, 6.07) is 2.87. The maximum atomic E-state index is 14.4. The Morgan fingerprint density at radius 2 is 1.73 bits per heavy atom. The highest BCUT2D eigenvalue weighted by Crippen LogP contribution is 2.60. The van der Waals surface area contributed by atoms with Crippen molar-refractivity contribution < 1.29 is 34.4 Å². The Morgan fingerprint density at radius 3 is 2.32 bits per heavy atom. The van der Waals surface area contributed by atoms with E-state index in [1.807, 2.05) is 4.90 Å². The predicted octanol–water partition coefficient (Wildman–Crippen LogP) is 3.94. The largest absolute Gasteiger partial charge is 0.493 e. The number of hydrogen-bond acceptors (Lipinski definition) is 7. The number of halogens is 1. The van der Waals surface area contributed by atoms with E-state index in [1.165, 1.54) is 26.4 Å². The molecule has 5 fully saturated rings. The van der Waals surface area contributed by atoms with Gasteiger partial charge in [0.1, 0.15) is 12.2 Å². The third-order valence-electron chi connectivity index (χ3n) is 11.0. The minimum absolute atomic E-state index is 0.0554. The van der Waals surface area contributed by atoms with Crippen molar-refractivity contribution in [2.24, 2.45) is 29.1 Å². The van der Waals surface area contributed by atoms with E-state index in [-0.39, 0.29) is 49.3 Å². The number of methoxy groups -OCH3 is 1. The number of carbonyl (C=O) groups is 2. The number of benzene rings is 1. The fraction of sp³-hybridized carbons (Fsp3) is 0.706. The van der Waals surface area contributed by atoms with Gasteiger partial charge in [-0.1, -0.05) is 12.8 Å². The number of hydrogen-bond donors (Lipinski definition) is 4. The van der Waals surface area contributed by atoms with Gasteiger partial charge in [-0.2, -0.15) is 0 Å². The molecule has 0 saturated heterocycles. The summed E-state index contributed by atoms with van der Waals surface area (Å²) in [5.74, 6) is 2.75. The van der Waals surface area contributed by atoms with Gasteiger partial charge in [-0.15, -0.1) is 0 Å². The topological polar surface area (TPSA) is 129 Å². The first-order valence-electron chi connectivity index (χ1n) is 16.4. The zero-order valence-electron chi connectivity index (χ0n) is 25.7. The number of amides is 2. The monoisotopic (exact) mass is 722 g/mol. The van der Waals surface area contributed by atoms with E-state index in [4.69, 9.17) is 9.47 Å². The molecular formula is C34H47IN2O7. The fourth-order valence-electron chi connectivity index (χ4n) is 9.51. The van der Waals surface area contributed by atoms with Crippen molar-refractivity contribution in [1.29, 1.82) is 0 Å². The molecule has 0 aromatic heterocycles. The lowest BCUT2D eigenvalue weighted by Gasteiger charge is -2.58. The van der Waals surface area contributed by atoms with Crippen LogP contribution in [0.15, 0.2) is 23.8 Å². The molecule has 2 amide bonds. The first-order chi connectivity index (χ1) is 21.2. The summed E-state index contributed by atoms with van der Waals surface area (Å²) in [7, 11) is 1.52. The zero-order chi connectivity index (χ0) is 31.0. The quantitative estimate of drug-likeness (QED) is 0.255. The van der Waals surface area contributed by atoms with E-state index >= 15 is 0 Å². The Kier molecular flexibility index (Phi) is 9.81. The average molecular weight is 723 g/mol. The number of carbonyl (C=O) groups excluding carboxylic acids is 2. The van der Waals surface area contributed by atoms with Crippen molar-refractivity contribution in [2.75, 3.05) is 26.8 Å². The second-order valence-electron chi connectivity index (χ2n) is 14.1. The van der Waals surface area contributed by atoms with Crippen molar-refractivity contribution >= 4 is 34.4 Å². The molecule has 0 radical (unpaired) electrons. The Morgan fingerprint density at radius 1 is 1.07 bits per heavy atom. The summed E-state index contributed by atoms with van der Waals surface area (Å²) in [6.45, 7) is 0.396. The molecule has 1 aromatic rings. The minimum Gasteiger partial charge on any atom is -0.493 e. The minimum atomic E-state index is -1.07. The zero-order valence-corrected chi connectivity index (χ0v) is 27.8. The number of rotatable bonds is 11. The molecule has 5 saturated carbocycles. The van der Waals surface area contributed by atoms with Gasteiger partial charge in [0.15, 0.2) is 11.5 Å². The van der Waals surface area contributed by atoms with Crippen molar-refractivity contribution in [1.82, 2.24) is 10.2 Å². The molecule has 7 rings (SSSR count). The Hall–Kier alpha value is -1.89. The molecule has 242 valence electrons. The summed E-state index contributed by atoms with van der Waals surface area (Å²) in [4.78, 5) is 29.8. The normalized spacial score (nSPS) is 32.8. The van der Waals surface area contributed by atoms with Gasteiger partial charge >= 0.3 is 0 Å². The summed E-state index contributed by atoms with van der Waals surface area (Å²) in [5, 5.41) is 33.9. The van der Waals surface area contributed by atoms with Crippen molar-refractivity contribution in [3.05, 3.63) is 32.9 Å². The number of nitrogens with one attached hydrogen (secondary N) is 1.